The van der Waals surface area contributed by atoms with Gasteiger partial charge in [0.15, 0.2) is 0 Å². The van der Waals surface area contributed by atoms with Crippen LogP contribution < -0.4 is 37.6 Å². The van der Waals surface area contributed by atoms with Crippen molar-refractivity contribution in [1.29, 1.82) is 0 Å². The van der Waals surface area contributed by atoms with Crippen LogP contribution in [0.25, 0.3) is 0 Å². The number of nitrogens with one attached hydrogen (secondary N) is 6. The normalized spacial score (nSPS) is 15.1. The zero-order valence-corrected chi connectivity index (χ0v) is 60.2. The minimum absolute atomic E-state index is 0.0545. The van der Waals surface area contributed by atoms with Crippen molar-refractivity contribution in [1.82, 2.24) is 46.6 Å². The van der Waals surface area contributed by atoms with E-state index >= 15 is 0 Å². The number of aliphatic hydroxyl groups is 6. The monoisotopic (exact) mass is 1410 g/mol. The Bertz CT molecular complexity index is 1660. The molecule has 0 bridgehead atoms. The Labute approximate surface area is 551 Å². The zero-order valence-electron chi connectivity index (χ0n) is 56.2. The third-order valence-electron chi connectivity index (χ3n) is 12.8. The third-order valence-corrected chi connectivity index (χ3v) is 16.9. The first kappa shape index (κ1) is 93.6. The van der Waals surface area contributed by atoms with E-state index in [0.717, 1.165) is 19.6 Å². The van der Waals surface area contributed by atoms with Crippen LogP contribution in [0, 0.1) is 0 Å². The van der Waals surface area contributed by atoms with Crippen molar-refractivity contribution in [2.45, 2.75) is 139 Å². The van der Waals surface area contributed by atoms with E-state index in [1.165, 1.54) is 0 Å². The van der Waals surface area contributed by atoms with Gasteiger partial charge in [-0.15, -0.1) is 0 Å². The molecule has 26 N–H and O–H groups in total. The van der Waals surface area contributed by atoms with Gasteiger partial charge in [-0.3, -0.25) is 14.7 Å². The lowest BCUT2D eigenvalue weighted by molar-refractivity contribution is -0.0566. The Morgan fingerprint density at radius 1 is 0.326 bits per heavy atom. The number of rotatable bonds is 63. The van der Waals surface area contributed by atoms with E-state index in [-0.39, 0.29) is 115 Å². The average molecular weight is 1420 g/mol. The first-order valence-corrected chi connectivity index (χ1v) is 40.5. The lowest BCUT2D eigenvalue weighted by atomic mass is 10.2. The van der Waals surface area contributed by atoms with Crippen LogP contribution >= 0.6 is 0 Å². The molecule has 0 radical (unpaired) electrons. The fourth-order valence-corrected chi connectivity index (χ4v) is 10.7. The van der Waals surface area contributed by atoms with Crippen LogP contribution in [0.15, 0.2) is 0 Å². The number of nitrogens with zero attached hydrogens (tertiary/aromatic N) is 3. The molecule has 556 valence electrons. The molecule has 0 rings (SSSR count). The van der Waals surface area contributed by atoms with Gasteiger partial charge in [0.25, 0.3) is 0 Å². The average Bonchev–Trinajstić information content (AvgIpc) is 3.66. The molecular weight excluding hydrogens is 1280 g/mol. The molecule has 0 heterocycles. The van der Waals surface area contributed by atoms with E-state index in [1.807, 2.05) is 41.5 Å². The summed E-state index contributed by atoms with van der Waals surface area (Å²) in [7, 11) is -16.3. The van der Waals surface area contributed by atoms with Crippen LogP contribution in [-0.4, -0.2) is 396 Å². The Morgan fingerprint density at radius 3 is 0.859 bits per heavy atom. The first-order valence-electron chi connectivity index (χ1n) is 32.3. The van der Waals surface area contributed by atoms with E-state index in [9.17, 15) is 30.6 Å². The van der Waals surface area contributed by atoms with Gasteiger partial charge in [-0.2, -0.15) is 0 Å². The van der Waals surface area contributed by atoms with Crippen LogP contribution in [0.4, 0.5) is 0 Å². The van der Waals surface area contributed by atoms with Crippen molar-refractivity contribution in [3.8, 4) is 0 Å². The molecule has 0 aliphatic carbocycles. The number of nitrogens with two attached hydrogens (primary N) is 1. The molecule has 0 aromatic heterocycles. The SMILES string of the molecule is CC(C)(C)OCC(O)CN(CCNCC(O)COCCC[Si](O)(O)O)CCN(CCNCCN)CC(O)COCCC[Si](O)(O)O.CC(C)(C)OCC(O)CN(CCNCCNCCNCC(O)COCCC[Si](O)(O)O)CCNCC(O)COCCC[Si](O)(O)O. The highest BCUT2D eigenvalue weighted by atomic mass is 28.4. The Hall–Kier alpha value is -0.492. The van der Waals surface area contributed by atoms with Gasteiger partial charge < -0.3 is 154 Å². The second-order valence-corrected chi connectivity index (χ2v) is 33.3. The lowest BCUT2D eigenvalue weighted by Gasteiger charge is -2.31. The molecule has 0 aliphatic rings. The minimum atomic E-state index is -4.10. The summed E-state index contributed by atoms with van der Waals surface area (Å²) in [5.41, 5.74) is 4.85. The molecule has 6 atom stereocenters. The van der Waals surface area contributed by atoms with Crippen molar-refractivity contribution in [3.05, 3.63) is 0 Å². The van der Waals surface area contributed by atoms with Gasteiger partial charge in [-0.25, -0.2) is 0 Å². The van der Waals surface area contributed by atoms with E-state index in [0.29, 0.717) is 131 Å². The molecule has 0 aromatic carbocycles. The number of ether oxygens (including phenoxy) is 6. The fraction of sp³-hybridized carbons (Fsp3) is 1.00. The molecule has 92 heavy (non-hydrogen) atoms. The number of hydrogen-bond donors (Lipinski definition) is 25. The molecule has 0 spiro atoms. The highest BCUT2D eigenvalue weighted by molar-refractivity contribution is 6.57. The summed E-state index contributed by atoms with van der Waals surface area (Å²) in [5, 5.41) is 81.5. The molecule has 0 aromatic rings. The number of aliphatic hydroxyl groups excluding tert-OH is 6. The lowest BCUT2D eigenvalue weighted by Crippen LogP contribution is -2.47. The highest BCUT2D eigenvalue weighted by Crippen LogP contribution is 2.11. The highest BCUT2D eigenvalue weighted by Gasteiger charge is 2.29. The summed E-state index contributed by atoms with van der Waals surface area (Å²) in [6.45, 7) is 25.5. The van der Waals surface area contributed by atoms with Crippen LogP contribution in [0.3, 0.4) is 0 Å². The molecule has 0 aliphatic heterocycles. The number of hydrogen-bond acceptors (Lipinski definition) is 34. The van der Waals surface area contributed by atoms with E-state index in [1.54, 1.807) is 0 Å². The summed E-state index contributed by atoms with van der Waals surface area (Å²) in [5.74, 6) is 0. The second-order valence-electron chi connectivity index (χ2n) is 25.1. The molecule has 0 fully saturated rings. The van der Waals surface area contributed by atoms with E-state index < -0.39 is 77.4 Å². The maximum atomic E-state index is 10.7. The van der Waals surface area contributed by atoms with Gasteiger partial charge in [0.05, 0.1) is 87.5 Å². The van der Waals surface area contributed by atoms with Gasteiger partial charge in [-0.1, -0.05) is 0 Å². The van der Waals surface area contributed by atoms with Gasteiger partial charge in [0.2, 0.25) is 0 Å². The summed E-state index contributed by atoms with van der Waals surface area (Å²) >= 11 is 0. The Balaban J connectivity index is 0. The third kappa shape index (κ3) is 73.7. The fourth-order valence-electron chi connectivity index (χ4n) is 8.20. The van der Waals surface area contributed by atoms with Crippen molar-refractivity contribution >= 4 is 35.2 Å². The molecule has 0 amide bonds. The minimum Gasteiger partial charge on any atom is -0.390 e. The van der Waals surface area contributed by atoms with Crippen molar-refractivity contribution < 1.29 is 117 Å². The van der Waals surface area contributed by atoms with Crippen LogP contribution in [0.2, 0.25) is 24.2 Å². The summed E-state index contributed by atoms with van der Waals surface area (Å²) in [6, 6.07) is -0.443. The maximum absolute atomic E-state index is 10.7. The van der Waals surface area contributed by atoms with E-state index in [2.05, 4.69) is 46.6 Å². The molecule has 34 nitrogen and oxygen atoms in total. The molecule has 0 saturated carbocycles. The van der Waals surface area contributed by atoms with Gasteiger partial charge in [0.1, 0.15) is 0 Å². The van der Waals surface area contributed by atoms with Crippen LogP contribution in [0.1, 0.15) is 67.2 Å². The topological polar surface area (TPSA) is 527 Å². The summed E-state index contributed by atoms with van der Waals surface area (Å²) in [4.78, 5) is 115. The maximum Gasteiger partial charge on any atom is 0.492 e. The predicted molar refractivity (Wildman–Crippen MR) is 354 cm³/mol. The smallest absolute Gasteiger partial charge is 0.390 e. The predicted octanol–water partition coefficient (Wildman–Crippen LogP) is -9.54. The Morgan fingerprint density at radius 2 is 0.565 bits per heavy atom. The van der Waals surface area contributed by atoms with Crippen molar-refractivity contribution in [3.63, 3.8) is 0 Å². The molecular formula is C54H130N10O24Si4. The quantitative estimate of drug-likeness (QED) is 0.0199. The van der Waals surface area contributed by atoms with Crippen LogP contribution in [-0.2, 0) is 28.4 Å². The standard InChI is InChI=1S/2C27H65N5O12Si2/c1-27(2,3)44-23-26(35)20-32(11-9-30-18-24(33)21-42-14-4-16-45(36,37)38)13-12-31(10-8-29-7-6-28)19-25(34)22-43-15-5-17-46(39,40)41;1-27(2,3)44-23-26(35)20-32(13-11-31-19-25(34)22-43-15-5-17-46(39,40)41)12-10-29-7-6-28-8-9-30-18-24(33)21-42-14-4-16-45(36,37)38/h24-26,29-30,33-41H,4-23,28H2,1-3H3;24-26,28-31,33-41H,4-23H2,1-3H3. The molecule has 6 unspecified atom stereocenters. The second kappa shape index (κ2) is 55.3. The Kier molecular flexibility index (Phi) is 56.2. The van der Waals surface area contributed by atoms with Gasteiger partial charge in [-0.05, 0) is 67.2 Å². The summed E-state index contributed by atoms with van der Waals surface area (Å²) in [6.07, 6.45) is -3.20. The van der Waals surface area contributed by atoms with Crippen molar-refractivity contribution in [2.24, 2.45) is 5.73 Å². The van der Waals surface area contributed by atoms with E-state index in [4.69, 9.17) is 91.7 Å². The van der Waals surface area contributed by atoms with Crippen molar-refractivity contribution in [2.75, 3.05) is 210 Å². The largest absolute Gasteiger partial charge is 0.492 e. The van der Waals surface area contributed by atoms with Crippen LogP contribution in [0.5, 0.6) is 0 Å². The molecule has 38 heteroatoms. The first-order chi connectivity index (χ1) is 42.9. The summed E-state index contributed by atoms with van der Waals surface area (Å²) < 4.78 is 32.9. The zero-order chi connectivity index (χ0) is 70.0. The van der Waals surface area contributed by atoms with Gasteiger partial charge in [0, 0.05) is 195 Å². The van der Waals surface area contributed by atoms with Gasteiger partial charge >= 0.3 is 35.2 Å². The molecule has 0 saturated heterocycles.